The first-order chi connectivity index (χ1) is 11.9. The monoisotopic (exact) mass is 363 g/mol. The standard InChI is InChI=1S/C19H29N3O2S/c1-5-24-18(23)15-6-8-16(9-7-15)20-19(25)22-12-10-17(11-13-22)21(4)14(2)3/h6-9,14,17H,5,10-13H2,1-4H3,(H,20,25). The summed E-state index contributed by atoms with van der Waals surface area (Å²) in [4.78, 5) is 16.3. The molecule has 1 N–H and O–H groups in total. The summed E-state index contributed by atoms with van der Waals surface area (Å²) >= 11 is 5.55. The van der Waals surface area contributed by atoms with Crippen molar-refractivity contribution in [2.24, 2.45) is 0 Å². The maximum absolute atomic E-state index is 11.7. The van der Waals surface area contributed by atoms with Gasteiger partial charge >= 0.3 is 5.97 Å². The number of nitrogens with zero attached hydrogens (tertiary/aromatic N) is 2. The fraction of sp³-hybridized carbons (Fsp3) is 0.579. The second-order valence-electron chi connectivity index (χ2n) is 6.71. The molecule has 138 valence electrons. The first kappa shape index (κ1) is 19.7. The van der Waals surface area contributed by atoms with Gasteiger partial charge in [-0.2, -0.15) is 0 Å². The highest BCUT2D eigenvalue weighted by molar-refractivity contribution is 7.80. The van der Waals surface area contributed by atoms with E-state index >= 15 is 0 Å². The van der Waals surface area contributed by atoms with Crippen LogP contribution in [-0.2, 0) is 4.74 Å². The molecule has 0 spiro atoms. The topological polar surface area (TPSA) is 44.8 Å². The summed E-state index contributed by atoms with van der Waals surface area (Å²) < 4.78 is 4.99. The van der Waals surface area contributed by atoms with E-state index in [9.17, 15) is 4.79 Å². The highest BCUT2D eigenvalue weighted by atomic mass is 32.1. The van der Waals surface area contributed by atoms with Crippen molar-refractivity contribution in [3.05, 3.63) is 29.8 Å². The highest BCUT2D eigenvalue weighted by Crippen LogP contribution is 2.19. The summed E-state index contributed by atoms with van der Waals surface area (Å²) in [5, 5.41) is 4.01. The van der Waals surface area contributed by atoms with Crippen molar-refractivity contribution in [1.29, 1.82) is 0 Å². The molecule has 0 amide bonds. The Kier molecular flexibility index (Phi) is 7.20. The SMILES string of the molecule is CCOC(=O)c1ccc(NC(=S)N2CCC(N(C)C(C)C)CC2)cc1. The number of ether oxygens (including phenoxy) is 1. The minimum Gasteiger partial charge on any atom is -0.462 e. The Morgan fingerprint density at radius 3 is 2.44 bits per heavy atom. The number of thiocarbonyl (C=S) groups is 1. The van der Waals surface area contributed by atoms with Gasteiger partial charge in [0, 0.05) is 30.9 Å². The van der Waals surface area contributed by atoms with Crippen LogP contribution in [0.4, 0.5) is 5.69 Å². The fourth-order valence-electron chi connectivity index (χ4n) is 3.00. The van der Waals surface area contributed by atoms with Gasteiger partial charge in [0.05, 0.1) is 12.2 Å². The molecule has 0 aromatic heterocycles. The van der Waals surface area contributed by atoms with E-state index < -0.39 is 0 Å². The van der Waals surface area contributed by atoms with E-state index in [2.05, 4.69) is 36.0 Å². The predicted octanol–water partition coefficient (Wildman–Crippen LogP) is 3.36. The van der Waals surface area contributed by atoms with Crippen LogP contribution >= 0.6 is 12.2 Å². The first-order valence-corrected chi connectivity index (χ1v) is 9.38. The molecule has 1 aromatic carbocycles. The highest BCUT2D eigenvalue weighted by Gasteiger charge is 2.24. The van der Waals surface area contributed by atoms with Crippen LogP contribution in [0, 0.1) is 0 Å². The van der Waals surface area contributed by atoms with E-state index in [1.165, 1.54) is 0 Å². The summed E-state index contributed by atoms with van der Waals surface area (Å²) in [5.41, 5.74) is 1.44. The average molecular weight is 364 g/mol. The van der Waals surface area contributed by atoms with Gasteiger partial charge in [-0.3, -0.25) is 0 Å². The molecule has 1 fully saturated rings. The number of benzene rings is 1. The van der Waals surface area contributed by atoms with Crippen LogP contribution in [0.5, 0.6) is 0 Å². The van der Waals surface area contributed by atoms with Gasteiger partial charge in [0.2, 0.25) is 0 Å². The minimum atomic E-state index is -0.298. The Morgan fingerprint density at radius 2 is 1.92 bits per heavy atom. The van der Waals surface area contributed by atoms with Crippen LogP contribution in [0.15, 0.2) is 24.3 Å². The number of rotatable bonds is 5. The van der Waals surface area contributed by atoms with Crippen LogP contribution in [0.1, 0.15) is 44.0 Å². The van der Waals surface area contributed by atoms with Gasteiger partial charge in [0.15, 0.2) is 5.11 Å². The Bertz CT molecular complexity index is 581. The van der Waals surface area contributed by atoms with Crippen molar-refractivity contribution in [2.45, 2.75) is 45.7 Å². The molecule has 0 unspecified atom stereocenters. The maximum atomic E-state index is 11.7. The number of carbonyl (C=O) groups is 1. The molecule has 0 radical (unpaired) electrons. The lowest BCUT2D eigenvalue weighted by Gasteiger charge is -2.39. The maximum Gasteiger partial charge on any atom is 0.338 e. The predicted molar refractivity (Wildman–Crippen MR) is 106 cm³/mol. The van der Waals surface area contributed by atoms with Crippen molar-refractivity contribution in [2.75, 3.05) is 32.1 Å². The molecule has 1 aliphatic rings. The third kappa shape index (κ3) is 5.41. The molecule has 0 aliphatic carbocycles. The van der Waals surface area contributed by atoms with E-state index in [1.54, 1.807) is 19.1 Å². The third-order valence-electron chi connectivity index (χ3n) is 4.79. The summed E-state index contributed by atoms with van der Waals surface area (Å²) in [6.07, 6.45) is 2.25. The lowest BCUT2D eigenvalue weighted by Crippen LogP contribution is -2.48. The number of anilines is 1. The molecule has 1 aromatic rings. The number of esters is 1. The summed E-state index contributed by atoms with van der Waals surface area (Å²) in [7, 11) is 2.20. The first-order valence-electron chi connectivity index (χ1n) is 8.97. The lowest BCUT2D eigenvalue weighted by atomic mass is 10.0. The van der Waals surface area contributed by atoms with Gasteiger partial charge in [-0.1, -0.05) is 0 Å². The normalized spacial score (nSPS) is 15.5. The zero-order chi connectivity index (χ0) is 18.4. The van der Waals surface area contributed by atoms with Crippen LogP contribution in [0.3, 0.4) is 0 Å². The van der Waals surface area contributed by atoms with E-state index in [0.29, 0.717) is 24.3 Å². The lowest BCUT2D eigenvalue weighted by molar-refractivity contribution is 0.0526. The number of carbonyl (C=O) groups excluding carboxylic acids is 1. The minimum absolute atomic E-state index is 0.298. The van der Waals surface area contributed by atoms with Crippen molar-refractivity contribution in [1.82, 2.24) is 9.80 Å². The second kappa shape index (κ2) is 9.15. The molecule has 25 heavy (non-hydrogen) atoms. The molecule has 0 saturated carbocycles. The summed E-state index contributed by atoms with van der Waals surface area (Å²) in [5.74, 6) is -0.298. The molecule has 6 heteroatoms. The molecule has 0 atom stereocenters. The summed E-state index contributed by atoms with van der Waals surface area (Å²) in [6, 6.07) is 8.43. The molecule has 0 bridgehead atoms. The van der Waals surface area contributed by atoms with Gasteiger partial charge in [-0.25, -0.2) is 4.79 Å². The molecule has 5 nitrogen and oxygen atoms in total. The number of hydrogen-bond donors (Lipinski definition) is 1. The largest absolute Gasteiger partial charge is 0.462 e. The molecule has 2 rings (SSSR count). The average Bonchev–Trinajstić information content (AvgIpc) is 2.62. The fourth-order valence-corrected chi connectivity index (χ4v) is 3.30. The van der Waals surface area contributed by atoms with E-state index in [-0.39, 0.29) is 5.97 Å². The number of piperidine rings is 1. The Labute approximate surface area is 156 Å². The van der Waals surface area contributed by atoms with Crippen molar-refractivity contribution >= 4 is 29.0 Å². The molecular weight excluding hydrogens is 334 g/mol. The van der Waals surface area contributed by atoms with Gasteiger partial charge in [0.1, 0.15) is 0 Å². The molecular formula is C19H29N3O2S. The Morgan fingerprint density at radius 1 is 1.32 bits per heavy atom. The van der Waals surface area contributed by atoms with Gasteiger partial charge in [-0.05, 0) is 77.1 Å². The van der Waals surface area contributed by atoms with Gasteiger partial charge < -0.3 is 19.9 Å². The molecule has 1 heterocycles. The van der Waals surface area contributed by atoms with Crippen LogP contribution in [-0.4, -0.2) is 59.7 Å². The van der Waals surface area contributed by atoms with E-state index in [0.717, 1.165) is 36.7 Å². The quantitative estimate of drug-likeness (QED) is 0.639. The Hall–Kier alpha value is -1.66. The van der Waals surface area contributed by atoms with Crippen molar-refractivity contribution < 1.29 is 9.53 Å². The molecule has 1 aliphatic heterocycles. The number of likely N-dealkylation sites (tertiary alicyclic amines) is 1. The Balaban J connectivity index is 1.85. The van der Waals surface area contributed by atoms with Crippen molar-refractivity contribution in [3.8, 4) is 0 Å². The number of nitrogens with one attached hydrogen (secondary N) is 1. The van der Waals surface area contributed by atoms with Crippen LogP contribution in [0.25, 0.3) is 0 Å². The van der Waals surface area contributed by atoms with E-state index in [1.807, 2.05) is 12.1 Å². The number of hydrogen-bond acceptors (Lipinski definition) is 4. The zero-order valence-corrected chi connectivity index (χ0v) is 16.4. The third-order valence-corrected chi connectivity index (χ3v) is 5.15. The van der Waals surface area contributed by atoms with Crippen LogP contribution in [0.2, 0.25) is 0 Å². The van der Waals surface area contributed by atoms with E-state index in [4.69, 9.17) is 17.0 Å². The smallest absolute Gasteiger partial charge is 0.338 e. The van der Waals surface area contributed by atoms with Crippen molar-refractivity contribution in [3.63, 3.8) is 0 Å². The second-order valence-corrected chi connectivity index (χ2v) is 7.09. The summed E-state index contributed by atoms with van der Waals surface area (Å²) in [6.45, 7) is 8.58. The zero-order valence-electron chi connectivity index (χ0n) is 15.6. The van der Waals surface area contributed by atoms with Gasteiger partial charge in [0.25, 0.3) is 0 Å². The van der Waals surface area contributed by atoms with Crippen LogP contribution < -0.4 is 5.32 Å². The van der Waals surface area contributed by atoms with Gasteiger partial charge in [-0.15, -0.1) is 0 Å². The molecule has 1 saturated heterocycles.